The van der Waals surface area contributed by atoms with Crippen LogP contribution in [-0.4, -0.2) is 145 Å². The second-order valence-electron chi connectivity index (χ2n) is 8.80. The highest BCUT2D eigenvalue weighted by Crippen LogP contribution is 1.94. The Morgan fingerprint density at radius 3 is 0.878 bits per heavy atom. The molecule has 0 aliphatic rings. The van der Waals surface area contributed by atoms with E-state index in [-0.39, 0.29) is 12.6 Å². The number of esters is 1. The Balaban J connectivity index is 3.05. The fraction of sp³-hybridized carbons (Fsp3) is 0.966. The molecule has 0 rings (SSSR count). The first-order valence-corrected chi connectivity index (χ1v) is 15.2. The average molecular weight is 599 g/mol. The quantitative estimate of drug-likeness (QED) is 0.0779. The highest BCUT2D eigenvalue weighted by atomic mass is 16.6. The maximum Gasteiger partial charge on any atom is 0.305 e. The van der Waals surface area contributed by atoms with E-state index in [9.17, 15) is 4.79 Å². The minimum atomic E-state index is -0.186. The summed E-state index contributed by atoms with van der Waals surface area (Å²) in [6, 6.07) is 0. The maximum atomic E-state index is 11.2. The molecule has 0 saturated carbocycles. The van der Waals surface area contributed by atoms with Crippen LogP contribution < -0.4 is 0 Å². The Morgan fingerprint density at radius 2 is 0.610 bits per heavy atom. The molecule has 0 fully saturated rings. The Bertz CT molecular complexity index is 498. The fourth-order valence-electron chi connectivity index (χ4n) is 3.03. The van der Waals surface area contributed by atoms with Gasteiger partial charge in [0.15, 0.2) is 0 Å². The highest BCUT2D eigenvalue weighted by molar-refractivity contribution is 5.69. The van der Waals surface area contributed by atoms with Gasteiger partial charge in [-0.15, -0.1) is 0 Å². The van der Waals surface area contributed by atoms with E-state index in [4.69, 9.17) is 52.1 Å². The topological polar surface area (TPSA) is 119 Å². The van der Waals surface area contributed by atoms with Crippen LogP contribution >= 0.6 is 0 Å². The van der Waals surface area contributed by atoms with Gasteiger partial charge in [0.05, 0.1) is 126 Å². The van der Waals surface area contributed by atoms with E-state index in [1.54, 1.807) is 0 Å². The number of hydrogen-bond acceptors (Lipinski definition) is 12. The zero-order valence-electron chi connectivity index (χ0n) is 25.8. The summed E-state index contributed by atoms with van der Waals surface area (Å²) in [5.41, 5.74) is 0. The second-order valence-corrected chi connectivity index (χ2v) is 8.80. The summed E-state index contributed by atoms with van der Waals surface area (Å²) < 4.78 is 59.4. The van der Waals surface area contributed by atoms with Crippen LogP contribution in [0.1, 0.15) is 46.0 Å². The first-order chi connectivity index (χ1) is 20.3. The molecule has 0 spiro atoms. The molecular formula is C29H58O12. The lowest BCUT2D eigenvalue weighted by atomic mass is 10.3. The van der Waals surface area contributed by atoms with Gasteiger partial charge in [0.2, 0.25) is 0 Å². The zero-order chi connectivity index (χ0) is 29.7. The molecule has 0 bridgehead atoms. The molecule has 0 unspecified atom stereocenters. The molecule has 0 aromatic heterocycles. The van der Waals surface area contributed by atoms with Crippen LogP contribution in [0.4, 0.5) is 0 Å². The number of ether oxygens (including phenoxy) is 11. The summed E-state index contributed by atoms with van der Waals surface area (Å²) in [7, 11) is 0. The standard InChI is InChI=1S/C29H58O12/c1-3-5-6-8-31-9-10-32-11-12-33-13-14-34-15-16-35-17-18-36-19-20-37-21-22-38-23-24-39-25-26-40-27-28-41-29(30)7-4-2/h3-28H2,1-2H3. The molecule has 0 saturated heterocycles. The summed E-state index contributed by atoms with van der Waals surface area (Å²) >= 11 is 0. The minimum Gasteiger partial charge on any atom is -0.463 e. The lowest BCUT2D eigenvalue weighted by Gasteiger charge is -2.09. The van der Waals surface area contributed by atoms with Gasteiger partial charge in [0.1, 0.15) is 6.61 Å². The maximum absolute atomic E-state index is 11.2. The van der Waals surface area contributed by atoms with Crippen LogP contribution in [-0.2, 0) is 56.9 Å². The monoisotopic (exact) mass is 598 g/mol. The molecule has 0 aromatic rings. The van der Waals surface area contributed by atoms with Crippen LogP contribution in [0.15, 0.2) is 0 Å². The molecule has 246 valence electrons. The number of carbonyl (C=O) groups is 1. The van der Waals surface area contributed by atoms with Crippen molar-refractivity contribution in [3.8, 4) is 0 Å². The second kappa shape index (κ2) is 37.1. The SMILES string of the molecule is CCCCCOCCOCCOCCOCCOCCOCCOCCOCCOCCOCCOC(=O)CCC. The molecule has 0 N–H and O–H groups in total. The molecule has 0 radical (unpaired) electrons. The third-order valence-corrected chi connectivity index (χ3v) is 5.19. The largest absolute Gasteiger partial charge is 0.463 e. The summed E-state index contributed by atoms with van der Waals surface area (Å²) in [4.78, 5) is 11.2. The van der Waals surface area contributed by atoms with Gasteiger partial charge in [-0.2, -0.15) is 0 Å². The van der Waals surface area contributed by atoms with Crippen molar-refractivity contribution in [1.82, 2.24) is 0 Å². The first kappa shape index (κ1) is 40.1. The summed E-state index contributed by atoms with van der Waals surface area (Å²) in [5, 5.41) is 0. The number of rotatable bonds is 36. The Hall–Kier alpha value is -0.930. The number of unbranched alkanes of at least 4 members (excludes halogenated alkanes) is 2. The Morgan fingerprint density at radius 1 is 0.341 bits per heavy atom. The molecule has 0 amide bonds. The average Bonchev–Trinajstić information content (AvgIpc) is 2.97. The minimum absolute atomic E-state index is 0.186. The van der Waals surface area contributed by atoms with Crippen LogP contribution in [0, 0.1) is 0 Å². The van der Waals surface area contributed by atoms with Crippen LogP contribution in [0.25, 0.3) is 0 Å². The lowest BCUT2D eigenvalue weighted by molar-refractivity contribution is -0.145. The van der Waals surface area contributed by atoms with E-state index in [1.165, 1.54) is 12.8 Å². The molecule has 41 heavy (non-hydrogen) atoms. The van der Waals surface area contributed by atoms with Crippen molar-refractivity contribution in [3.63, 3.8) is 0 Å². The summed E-state index contributed by atoms with van der Waals surface area (Å²) in [6.07, 6.45) is 4.77. The molecule has 0 aliphatic carbocycles. The summed E-state index contributed by atoms with van der Waals surface area (Å²) in [5.74, 6) is -0.186. The number of carbonyl (C=O) groups excluding carboxylic acids is 1. The van der Waals surface area contributed by atoms with Gasteiger partial charge in [-0.05, 0) is 12.8 Å². The van der Waals surface area contributed by atoms with E-state index in [0.717, 1.165) is 19.4 Å². The third kappa shape index (κ3) is 37.0. The predicted molar refractivity (Wildman–Crippen MR) is 154 cm³/mol. The van der Waals surface area contributed by atoms with Gasteiger partial charge in [0, 0.05) is 13.0 Å². The van der Waals surface area contributed by atoms with Crippen molar-refractivity contribution in [2.75, 3.05) is 139 Å². The van der Waals surface area contributed by atoms with Crippen molar-refractivity contribution < 1.29 is 56.9 Å². The van der Waals surface area contributed by atoms with Gasteiger partial charge in [-0.1, -0.05) is 26.7 Å². The van der Waals surface area contributed by atoms with Gasteiger partial charge in [-0.25, -0.2) is 0 Å². The lowest BCUT2D eigenvalue weighted by Crippen LogP contribution is -2.15. The van der Waals surface area contributed by atoms with E-state index in [2.05, 4.69) is 6.92 Å². The fourth-order valence-corrected chi connectivity index (χ4v) is 3.03. The van der Waals surface area contributed by atoms with Gasteiger partial charge in [0.25, 0.3) is 0 Å². The predicted octanol–water partition coefficient (Wildman–Crippen LogP) is 2.69. The Labute approximate surface area is 247 Å². The van der Waals surface area contributed by atoms with Crippen LogP contribution in [0.5, 0.6) is 0 Å². The van der Waals surface area contributed by atoms with Crippen LogP contribution in [0.2, 0.25) is 0 Å². The summed E-state index contributed by atoms with van der Waals surface area (Å²) in [6.45, 7) is 15.0. The molecule has 0 atom stereocenters. The number of hydrogen-bond donors (Lipinski definition) is 0. The van der Waals surface area contributed by atoms with Gasteiger partial charge < -0.3 is 52.1 Å². The zero-order valence-corrected chi connectivity index (χ0v) is 25.8. The van der Waals surface area contributed by atoms with E-state index >= 15 is 0 Å². The third-order valence-electron chi connectivity index (χ3n) is 5.19. The van der Waals surface area contributed by atoms with E-state index in [0.29, 0.717) is 132 Å². The molecule has 12 nitrogen and oxygen atoms in total. The van der Waals surface area contributed by atoms with Crippen molar-refractivity contribution in [2.45, 2.75) is 46.0 Å². The normalized spacial score (nSPS) is 11.4. The molecule has 0 aromatic carbocycles. The smallest absolute Gasteiger partial charge is 0.305 e. The molecular weight excluding hydrogens is 540 g/mol. The van der Waals surface area contributed by atoms with Crippen LogP contribution in [0.3, 0.4) is 0 Å². The molecule has 0 aliphatic heterocycles. The van der Waals surface area contributed by atoms with E-state index < -0.39 is 0 Å². The first-order valence-electron chi connectivity index (χ1n) is 15.2. The van der Waals surface area contributed by atoms with Crippen molar-refractivity contribution in [3.05, 3.63) is 0 Å². The van der Waals surface area contributed by atoms with Gasteiger partial charge in [-0.3, -0.25) is 4.79 Å². The van der Waals surface area contributed by atoms with Gasteiger partial charge >= 0.3 is 5.97 Å². The van der Waals surface area contributed by atoms with Crippen molar-refractivity contribution in [2.24, 2.45) is 0 Å². The van der Waals surface area contributed by atoms with Crippen molar-refractivity contribution in [1.29, 1.82) is 0 Å². The van der Waals surface area contributed by atoms with Crippen molar-refractivity contribution >= 4 is 5.97 Å². The van der Waals surface area contributed by atoms with E-state index in [1.807, 2.05) is 6.92 Å². The Kier molecular flexibility index (Phi) is 36.3. The molecule has 12 heteroatoms. The highest BCUT2D eigenvalue weighted by Gasteiger charge is 2.00. The molecule has 0 heterocycles.